The number of hydrogen-bond donors (Lipinski definition) is 1. The number of halogens is 1. The predicted molar refractivity (Wildman–Crippen MR) is 63.8 cm³/mol. The fourth-order valence-electron chi connectivity index (χ4n) is 2.53. The van der Waals surface area contributed by atoms with Crippen molar-refractivity contribution in [3.63, 3.8) is 0 Å². The molecule has 1 fully saturated rings. The first-order chi connectivity index (χ1) is 7.58. The molecule has 0 radical (unpaired) electrons. The van der Waals surface area contributed by atoms with Crippen LogP contribution in [0.1, 0.15) is 31.7 Å². The van der Waals surface area contributed by atoms with Crippen molar-refractivity contribution in [1.29, 1.82) is 0 Å². The molecular weight excluding hydrogens is 224 g/mol. The summed E-state index contributed by atoms with van der Waals surface area (Å²) in [6.07, 6.45) is 2.52. The average Bonchev–Trinajstić information content (AvgIpc) is 2.16. The van der Waals surface area contributed by atoms with Gasteiger partial charge in [0, 0.05) is 5.02 Å². The smallest absolute Gasteiger partial charge is 0.314 e. The normalized spacial score (nSPS) is 28.5. The molecule has 0 aromatic heterocycles. The van der Waals surface area contributed by atoms with Crippen LogP contribution in [0, 0.1) is 5.92 Å². The van der Waals surface area contributed by atoms with Gasteiger partial charge in [0.1, 0.15) is 0 Å². The third-order valence-electron chi connectivity index (χ3n) is 3.64. The van der Waals surface area contributed by atoms with Gasteiger partial charge in [0.2, 0.25) is 0 Å². The molecule has 1 aromatic carbocycles. The van der Waals surface area contributed by atoms with Gasteiger partial charge in [-0.05, 0) is 36.5 Å². The van der Waals surface area contributed by atoms with E-state index < -0.39 is 11.4 Å². The Morgan fingerprint density at radius 2 is 2.25 bits per heavy atom. The molecule has 0 amide bonds. The first kappa shape index (κ1) is 11.5. The number of benzene rings is 1. The first-order valence-corrected chi connectivity index (χ1v) is 5.96. The molecule has 0 aliphatic heterocycles. The van der Waals surface area contributed by atoms with Gasteiger partial charge < -0.3 is 5.11 Å². The lowest BCUT2D eigenvalue weighted by Crippen LogP contribution is -2.47. The van der Waals surface area contributed by atoms with Gasteiger partial charge in [0.25, 0.3) is 0 Å². The second-order valence-corrected chi connectivity index (χ2v) is 5.02. The number of aliphatic carboxylic acids is 1. The van der Waals surface area contributed by atoms with Crippen LogP contribution in [-0.2, 0) is 10.2 Å². The van der Waals surface area contributed by atoms with Crippen LogP contribution < -0.4 is 0 Å². The van der Waals surface area contributed by atoms with Crippen LogP contribution in [0.25, 0.3) is 0 Å². The molecule has 0 bridgehead atoms. The molecule has 1 N–H and O–H groups in total. The Kier molecular flexibility index (Phi) is 2.94. The topological polar surface area (TPSA) is 37.3 Å². The highest BCUT2D eigenvalue weighted by atomic mass is 35.5. The molecule has 0 heterocycles. The molecule has 0 unspecified atom stereocenters. The van der Waals surface area contributed by atoms with Crippen molar-refractivity contribution in [2.45, 2.75) is 31.6 Å². The van der Waals surface area contributed by atoms with E-state index in [2.05, 4.69) is 6.92 Å². The quantitative estimate of drug-likeness (QED) is 0.875. The number of rotatable bonds is 3. The Morgan fingerprint density at radius 3 is 2.75 bits per heavy atom. The predicted octanol–water partition coefficient (Wildman–Crippen LogP) is 3.48. The van der Waals surface area contributed by atoms with Gasteiger partial charge in [-0.2, -0.15) is 0 Å². The van der Waals surface area contributed by atoms with E-state index in [1.54, 1.807) is 12.1 Å². The largest absolute Gasteiger partial charge is 0.481 e. The summed E-state index contributed by atoms with van der Waals surface area (Å²) >= 11 is 5.91. The van der Waals surface area contributed by atoms with Gasteiger partial charge in [0.15, 0.2) is 0 Å². The zero-order chi connectivity index (χ0) is 11.8. The monoisotopic (exact) mass is 238 g/mol. The lowest BCUT2D eigenvalue weighted by molar-refractivity contribution is -0.149. The molecule has 1 saturated carbocycles. The van der Waals surface area contributed by atoms with Gasteiger partial charge in [-0.3, -0.25) is 4.79 Å². The summed E-state index contributed by atoms with van der Waals surface area (Å²) < 4.78 is 0. The van der Waals surface area contributed by atoms with Gasteiger partial charge in [-0.25, -0.2) is 0 Å². The molecule has 0 atom stereocenters. The van der Waals surface area contributed by atoms with E-state index >= 15 is 0 Å². The van der Waals surface area contributed by atoms with Gasteiger partial charge >= 0.3 is 5.97 Å². The minimum atomic E-state index is -0.723. The molecule has 1 aliphatic rings. The maximum absolute atomic E-state index is 11.4. The first-order valence-electron chi connectivity index (χ1n) is 5.58. The fraction of sp³-hybridized carbons (Fsp3) is 0.462. The molecule has 1 aromatic rings. The van der Waals surface area contributed by atoms with Crippen LogP contribution in [0.2, 0.25) is 5.02 Å². The Hall–Kier alpha value is -1.02. The molecular formula is C13H15ClO2. The van der Waals surface area contributed by atoms with Crippen molar-refractivity contribution in [3.8, 4) is 0 Å². The maximum atomic E-state index is 11.4. The Morgan fingerprint density at radius 1 is 1.56 bits per heavy atom. The van der Waals surface area contributed by atoms with Crippen molar-refractivity contribution < 1.29 is 9.90 Å². The summed E-state index contributed by atoms with van der Waals surface area (Å²) in [6, 6.07) is 7.24. The average molecular weight is 239 g/mol. The molecule has 0 saturated heterocycles. The van der Waals surface area contributed by atoms with Crippen LogP contribution >= 0.6 is 11.6 Å². The van der Waals surface area contributed by atoms with Gasteiger partial charge in [0.05, 0.1) is 5.41 Å². The standard InChI is InChI=1S/C13H15ClO2/c1-2-9-7-13(8-9,12(15)16)10-4-3-5-11(14)6-10/h3-6,9H,2,7-8H2,1H3,(H,15,16). The molecule has 2 rings (SSSR count). The number of carboxylic acids is 1. The van der Waals surface area contributed by atoms with Crippen molar-refractivity contribution >= 4 is 17.6 Å². The summed E-state index contributed by atoms with van der Waals surface area (Å²) in [6.45, 7) is 2.11. The third-order valence-corrected chi connectivity index (χ3v) is 3.87. The van der Waals surface area contributed by atoms with Crippen molar-refractivity contribution in [3.05, 3.63) is 34.9 Å². The van der Waals surface area contributed by atoms with E-state index in [0.29, 0.717) is 10.9 Å². The van der Waals surface area contributed by atoms with E-state index in [1.165, 1.54) is 0 Å². The summed E-state index contributed by atoms with van der Waals surface area (Å²) in [5.74, 6) is -0.186. The number of carboxylic acid groups (broad SMARTS) is 1. The molecule has 1 aliphatic carbocycles. The molecule has 0 spiro atoms. The second kappa shape index (κ2) is 4.10. The van der Waals surface area contributed by atoms with Crippen LogP contribution in [0.5, 0.6) is 0 Å². The van der Waals surface area contributed by atoms with E-state index in [1.807, 2.05) is 12.1 Å². The second-order valence-electron chi connectivity index (χ2n) is 4.58. The minimum absolute atomic E-state index is 0.537. The SMILES string of the molecule is CCC1CC(C(=O)O)(c2cccc(Cl)c2)C1. The van der Waals surface area contributed by atoms with Crippen LogP contribution in [0.4, 0.5) is 0 Å². The maximum Gasteiger partial charge on any atom is 0.314 e. The van der Waals surface area contributed by atoms with E-state index in [0.717, 1.165) is 24.8 Å². The molecule has 3 heteroatoms. The summed E-state index contributed by atoms with van der Waals surface area (Å²) in [5.41, 5.74) is 0.156. The van der Waals surface area contributed by atoms with Gasteiger partial charge in [-0.1, -0.05) is 37.1 Å². The zero-order valence-electron chi connectivity index (χ0n) is 9.24. The Bertz CT molecular complexity index is 408. The molecule has 16 heavy (non-hydrogen) atoms. The van der Waals surface area contributed by atoms with Crippen LogP contribution in [0.15, 0.2) is 24.3 Å². The number of carbonyl (C=O) groups is 1. The number of hydrogen-bond acceptors (Lipinski definition) is 1. The van der Waals surface area contributed by atoms with Crippen LogP contribution in [-0.4, -0.2) is 11.1 Å². The van der Waals surface area contributed by atoms with E-state index in [4.69, 9.17) is 11.6 Å². The van der Waals surface area contributed by atoms with E-state index in [-0.39, 0.29) is 0 Å². The van der Waals surface area contributed by atoms with Crippen molar-refractivity contribution in [2.75, 3.05) is 0 Å². The van der Waals surface area contributed by atoms with E-state index in [9.17, 15) is 9.90 Å². The highest BCUT2D eigenvalue weighted by molar-refractivity contribution is 6.30. The lowest BCUT2D eigenvalue weighted by atomic mass is 9.58. The summed E-state index contributed by atoms with van der Waals surface area (Å²) in [4.78, 5) is 11.4. The van der Waals surface area contributed by atoms with Gasteiger partial charge in [-0.15, -0.1) is 0 Å². The third kappa shape index (κ3) is 1.71. The Balaban J connectivity index is 2.32. The molecule has 2 nitrogen and oxygen atoms in total. The zero-order valence-corrected chi connectivity index (χ0v) is 10.00. The summed E-state index contributed by atoms with van der Waals surface area (Å²) in [5, 5.41) is 10.0. The highest BCUT2D eigenvalue weighted by Crippen LogP contribution is 2.49. The minimum Gasteiger partial charge on any atom is -0.481 e. The van der Waals surface area contributed by atoms with Crippen LogP contribution in [0.3, 0.4) is 0 Å². The fourth-order valence-corrected chi connectivity index (χ4v) is 2.72. The highest BCUT2D eigenvalue weighted by Gasteiger charge is 2.50. The lowest BCUT2D eigenvalue weighted by Gasteiger charge is -2.44. The van der Waals surface area contributed by atoms with Crippen molar-refractivity contribution in [2.24, 2.45) is 5.92 Å². The summed E-state index contributed by atoms with van der Waals surface area (Å²) in [7, 11) is 0. The van der Waals surface area contributed by atoms with Crippen molar-refractivity contribution in [1.82, 2.24) is 0 Å². The molecule has 86 valence electrons. The Labute approximate surface area is 100 Å².